The lowest BCUT2D eigenvalue weighted by Crippen LogP contribution is -2.48. The van der Waals surface area contributed by atoms with Crippen molar-refractivity contribution in [2.24, 2.45) is 0 Å². The number of halogens is 3. The number of nitrogens with zero attached hydrogens (tertiary/aromatic N) is 3. The SMILES string of the molecule is O=S(=O)(c1cccc(Br)c1)N1CCN(c2nc(Cc3ccc(Cl)c(Cl)c3)cs2)CC1. The zero-order valence-corrected chi connectivity index (χ0v) is 20.5. The Kier molecular flexibility index (Phi) is 6.72. The Morgan fingerprint density at radius 1 is 1.03 bits per heavy atom. The fourth-order valence-corrected chi connectivity index (χ4v) is 6.50. The Hall–Kier alpha value is -1.16. The molecule has 1 aliphatic heterocycles. The fraction of sp³-hybridized carbons (Fsp3) is 0.250. The molecule has 0 spiro atoms. The summed E-state index contributed by atoms with van der Waals surface area (Å²) in [5, 5.41) is 4.01. The predicted molar refractivity (Wildman–Crippen MR) is 126 cm³/mol. The van der Waals surface area contributed by atoms with E-state index in [-0.39, 0.29) is 0 Å². The number of anilines is 1. The summed E-state index contributed by atoms with van der Waals surface area (Å²) in [7, 11) is -3.50. The van der Waals surface area contributed by atoms with Gasteiger partial charge in [0.15, 0.2) is 5.13 Å². The van der Waals surface area contributed by atoms with Gasteiger partial charge in [0.2, 0.25) is 10.0 Å². The van der Waals surface area contributed by atoms with Crippen LogP contribution in [0.5, 0.6) is 0 Å². The smallest absolute Gasteiger partial charge is 0.243 e. The van der Waals surface area contributed by atoms with Gasteiger partial charge in [-0.15, -0.1) is 11.3 Å². The first kappa shape index (κ1) is 22.0. The van der Waals surface area contributed by atoms with Crippen LogP contribution in [-0.2, 0) is 16.4 Å². The van der Waals surface area contributed by atoms with Crippen molar-refractivity contribution in [1.82, 2.24) is 9.29 Å². The van der Waals surface area contributed by atoms with Crippen molar-refractivity contribution >= 4 is 65.6 Å². The summed E-state index contributed by atoms with van der Waals surface area (Å²) in [6.07, 6.45) is 0.671. The summed E-state index contributed by atoms with van der Waals surface area (Å²) in [6.45, 7) is 2.06. The van der Waals surface area contributed by atoms with Crippen molar-refractivity contribution in [2.75, 3.05) is 31.1 Å². The minimum atomic E-state index is -3.50. The molecule has 3 aromatic rings. The van der Waals surface area contributed by atoms with Crippen molar-refractivity contribution in [3.05, 3.63) is 73.6 Å². The van der Waals surface area contributed by atoms with Gasteiger partial charge in [-0.05, 0) is 35.9 Å². The van der Waals surface area contributed by atoms with E-state index < -0.39 is 10.0 Å². The number of aromatic nitrogens is 1. The molecule has 0 atom stereocenters. The lowest BCUT2D eigenvalue weighted by Gasteiger charge is -2.33. The highest BCUT2D eigenvalue weighted by atomic mass is 79.9. The largest absolute Gasteiger partial charge is 0.345 e. The van der Waals surface area contributed by atoms with Crippen LogP contribution in [0, 0.1) is 0 Å². The summed E-state index contributed by atoms with van der Waals surface area (Å²) in [5.74, 6) is 0. The summed E-state index contributed by atoms with van der Waals surface area (Å²) >= 11 is 17.0. The van der Waals surface area contributed by atoms with Gasteiger partial charge < -0.3 is 4.90 Å². The standard InChI is InChI=1S/C20H18BrCl2N3O2S2/c21-15-2-1-3-17(12-15)30(27,28)26-8-6-25(7-9-26)20-24-16(13-29-20)10-14-4-5-18(22)19(23)11-14/h1-5,11-13H,6-10H2. The molecule has 1 aliphatic rings. The Balaban J connectivity index is 1.40. The molecule has 1 fully saturated rings. The maximum Gasteiger partial charge on any atom is 0.243 e. The second kappa shape index (κ2) is 9.14. The summed E-state index contributed by atoms with van der Waals surface area (Å²) in [4.78, 5) is 7.18. The van der Waals surface area contributed by atoms with Gasteiger partial charge >= 0.3 is 0 Å². The molecule has 0 amide bonds. The lowest BCUT2D eigenvalue weighted by molar-refractivity contribution is 0.384. The molecule has 0 unspecified atom stereocenters. The maximum atomic E-state index is 12.9. The van der Waals surface area contributed by atoms with E-state index in [1.165, 1.54) is 4.31 Å². The summed E-state index contributed by atoms with van der Waals surface area (Å²) in [6, 6.07) is 12.4. The molecule has 0 N–H and O–H groups in total. The second-order valence-corrected chi connectivity index (χ2v) is 11.4. The highest BCUT2D eigenvalue weighted by molar-refractivity contribution is 9.10. The number of sulfonamides is 1. The van der Waals surface area contributed by atoms with Gasteiger partial charge in [-0.3, -0.25) is 0 Å². The first-order chi connectivity index (χ1) is 14.3. The third-order valence-electron chi connectivity index (χ3n) is 4.85. The minimum Gasteiger partial charge on any atom is -0.345 e. The quantitative estimate of drug-likeness (QED) is 0.435. The minimum absolute atomic E-state index is 0.309. The van der Waals surface area contributed by atoms with Crippen LogP contribution in [-0.4, -0.2) is 43.9 Å². The van der Waals surface area contributed by atoms with E-state index >= 15 is 0 Å². The monoisotopic (exact) mass is 545 g/mol. The topological polar surface area (TPSA) is 53.5 Å². The van der Waals surface area contributed by atoms with Crippen LogP contribution in [0.4, 0.5) is 5.13 Å². The first-order valence-corrected chi connectivity index (χ1v) is 13.1. The van der Waals surface area contributed by atoms with Crippen LogP contribution in [0.2, 0.25) is 10.0 Å². The zero-order chi connectivity index (χ0) is 21.3. The van der Waals surface area contributed by atoms with Gasteiger partial charge in [0, 0.05) is 42.5 Å². The Morgan fingerprint density at radius 2 is 1.80 bits per heavy atom. The summed E-state index contributed by atoms with van der Waals surface area (Å²) < 4.78 is 28.1. The lowest BCUT2D eigenvalue weighted by atomic mass is 10.1. The van der Waals surface area contributed by atoms with Crippen molar-refractivity contribution in [2.45, 2.75) is 11.3 Å². The molecule has 1 aromatic heterocycles. The molecule has 2 aromatic carbocycles. The number of piperazine rings is 1. The highest BCUT2D eigenvalue weighted by Gasteiger charge is 2.29. The van der Waals surface area contributed by atoms with Gasteiger partial charge in [0.1, 0.15) is 0 Å². The Morgan fingerprint density at radius 3 is 2.50 bits per heavy atom. The molecule has 1 saturated heterocycles. The molecular formula is C20H18BrCl2N3O2S2. The van der Waals surface area contributed by atoms with E-state index in [1.54, 1.807) is 35.6 Å². The summed E-state index contributed by atoms with van der Waals surface area (Å²) in [5.41, 5.74) is 2.00. The van der Waals surface area contributed by atoms with Crippen molar-refractivity contribution in [1.29, 1.82) is 0 Å². The third kappa shape index (κ3) is 4.84. The van der Waals surface area contributed by atoms with Gasteiger partial charge in [-0.25, -0.2) is 13.4 Å². The number of thiazole rings is 1. The second-order valence-electron chi connectivity index (χ2n) is 6.90. The average molecular weight is 547 g/mol. The normalized spacial score (nSPS) is 15.5. The molecule has 0 radical (unpaired) electrons. The van der Waals surface area contributed by atoms with E-state index in [9.17, 15) is 8.42 Å². The fourth-order valence-electron chi connectivity index (χ4n) is 3.28. The van der Waals surface area contributed by atoms with Crippen molar-refractivity contribution < 1.29 is 8.42 Å². The molecule has 0 bridgehead atoms. The number of hydrogen-bond acceptors (Lipinski definition) is 5. The first-order valence-electron chi connectivity index (χ1n) is 9.22. The number of benzene rings is 2. The van der Waals surface area contributed by atoms with Crippen LogP contribution < -0.4 is 4.90 Å². The molecule has 10 heteroatoms. The molecule has 158 valence electrons. The molecule has 30 heavy (non-hydrogen) atoms. The highest BCUT2D eigenvalue weighted by Crippen LogP contribution is 2.28. The molecular weight excluding hydrogens is 529 g/mol. The Bertz CT molecular complexity index is 1160. The van der Waals surface area contributed by atoms with Crippen LogP contribution in [0.15, 0.2) is 57.2 Å². The zero-order valence-electron chi connectivity index (χ0n) is 15.8. The number of rotatable bonds is 5. The van der Waals surface area contributed by atoms with E-state index in [0.29, 0.717) is 47.5 Å². The Labute approximate surface area is 198 Å². The van der Waals surface area contributed by atoms with E-state index in [0.717, 1.165) is 20.9 Å². The molecule has 0 aliphatic carbocycles. The van der Waals surface area contributed by atoms with E-state index in [4.69, 9.17) is 28.2 Å². The van der Waals surface area contributed by atoms with Crippen LogP contribution in [0.3, 0.4) is 0 Å². The van der Waals surface area contributed by atoms with Gasteiger partial charge in [0.05, 0.1) is 20.6 Å². The molecule has 4 rings (SSSR count). The van der Waals surface area contributed by atoms with Crippen molar-refractivity contribution in [3.8, 4) is 0 Å². The van der Waals surface area contributed by atoms with Crippen LogP contribution in [0.1, 0.15) is 11.3 Å². The van der Waals surface area contributed by atoms with Gasteiger partial charge in [0.25, 0.3) is 0 Å². The maximum absolute atomic E-state index is 12.9. The van der Waals surface area contributed by atoms with Crippen LogP contribution >= 0.6 is 50.5 Å². The average Bonchev–Trinajstić information content (AvgIpc) is 3.19. The van der Waals surface area contributed by atoms with Crippen LogP contribution in [0.25, 0.3) is 0 Å². The molecule has 2 heterocycles. The third-order valence-corrected chi connectivity index (χ3v) is 8.93. The predicted octanol–water partition coefficient (Wildman–Crippen LogP) is 5.31. The van der Waals surface area contributed by atoms with Crippen molar-refractivity contribution in [3.63, 3.8) is 0 Å². The molecule has 5 nitrogen and oxygen atoms in total. The van der Waals surface area contributed by atoms with E-state index in [2.05, 4.69) is 20.8 Å². The van der Waals surface area contributed by atoms with Gasteiger partial charge in [-0.2, -0.15) is 4.31 Å². The number of hydrogen-bond donors (Lipinski definition) is 0. The molecule has 0 saturated carbocycles. The van der Waals surface area contributed by atoms with E-state index in [1.807, 2.05) is 23.6 Å². The van der Waals surface area contributed by atoms with Gasteiger partial charge in [-0.1, -0.05) is 51.3 Å².